The maximum Gasteiger partial charge on any atom is 0.356 e. The summed E-state index contributed by atoms with van der Waals surface area (Å²) in [7, 11) is 0. The number of hydrogen-bond donors (Lipinski definition) is 1. The number of hydrogen-bond acceptors (Lipinski definition) is 4. The molecule has 0 radical (unpaired) electrons. The molecule has 6 nitrogen and oxygen atoms in total. The number of H-pyrrole nitrogens is 1. The van der Waals surface area contributed by atoms with Gasteiger partial charge in [-0.1, -0.05) is 17.7 Å². The number of halogens is 1. The van der Waals surface area contributed by atoms with Crippen molar-refractivity contribution in [2.45, 2.75) is 13.8 Å². The molecule has 7 heteroatoms. The van der Waals surface area contributed by atoms with Gasteiger partial charge in [-0.2, -0.15) is 10.2 Å². The quantitative estimate of drug-likeness (QED) is 0.744. The molecule has 23 heavy (non-hydrogen) atoms. The topological polar surface area (TPSA) is 72.8 Å². The van der Waals surface area contributed by atoms with Crippen LogP contribution in [0, 0.1) is 6.92 Å². The summed E-state index contributed by atoms with van der Waals surface area (Å²) in [6, 6.07) is 9.09. The van der Waals surface area contributed by atoms with Gasteiger partial charge in [0, 0.05) is 10.6 Å². The summed E-state index contributed by atoms with van der Waals surface area (Å²) in [4.78, 5) is 11.7. The third-order valence-corrected chi connectivity index (χ3v) is 3.65. The van der Waals surface area contributed by atoms with E-state index in [1.165, 1.54) is 0 Å². The van der Waals surface area contributed by atoms with Gasteiger partial charge in [0.05, 0.1) is 29.9 Å². The SMILES string of the molecule is CCOC(=O)c1cc(-c2cnn(-c3cccc(Cl)c3)c2C)n[nH]1. The summed E-state index contributed by atoms with van der Waals surface area (Å²) < 4.78 is 6.73. The molecule has 0 unspecified atom stereocenters. The normalized spacial score (nSPS) is 10.7. The van der Waals surface area contributed by atoms with Crippen molar-refractivity contribution >= 4 is 17.6 Å². The maximum atomic E-state index is 11.7. The van der Waals surface area contributed by atoms with Gasteiger partial charge in [0.15, 0.2) is 0 Å². The smallest absolute Gasteiger partial charge is 0.356 e. The molecule has 0 amide bonds. The molecule has 0 saturated heterocycles. The van der Waals surface area contributed by atoms with Crippen LogP contribution in [0.3, 0.4) is 0 Å². The van der Waals surface area contributed by atoms with Crippen LogP contribution in [0.15, 0.2) is 36.5 Å². The number of carbonyl (C=O) groups is 1. The molecule has 0 saturated carbocycles. The van der Waals surface area contributed by atoms with Crippen LogP contribution in [0.25, 0.3) is 16.9 Å². The van der Waals surface area contributed by atoms with E-state index in [9.17, 15) is 4.79 Å². The second kappa shape index (κ2) is 6.26. The maximum absolute atomic E-state index is 11.7. The van der Waals surface area contributed by atoms with Gasteiger partial charge in [-0.3, -0.25) is 5.10 Å². The molecule has 0 fully saturated rings. The molecule has 2 aromatic heterocycles. The Morgan fingerprint density at radius 3 is 2.96 bits per heavy atom. The number of nitrogens with one attached hydrogen (secondary N) is 1. The minimum Gasteiger partial charge on any atom is -0.461 e. The lowest BCUT2D eigenvalue weighted by Crippen LogP contribution is -2.04. The second-order valence-corrected chi connectivity index (χ2v) is 5.36. The van der Waals surface area contributed by atoms with Crippen LogP contribution in [0.2, 0.25) is 5.02 Å². The first-order valence-corrected chi connectivity index (χ1v) is 7.51. The molecule has 118 valence electrons. The van der Waals surface area contributed by atoms with E-state index in [2.05, 4.69) is 15.3 Å². The number of nitrogens with zero attached hydrogens (tertiary/aromatic N) is 3. The van der Waals surface area contributed by atoms with Gasteiger partial charge in [-0.15, -0.1) is 0 Å². The molecule has 2 heterocycles. The molecule has 0 spiro atoms. The van der Waals surface area contributed by atoms with Crippen molar-refractivity contribution in [2.75, 3.05) is 6.61 Å². The zero-order valence-electron chi connectivity index (χ0n) is 12.7. The Morgan fingerprint density at radius 1 is 1.39 bits per heavy atom. The molecule has 0 aliphatic carbocycles. The number of aromatic nitrogens is 4. The number of ether oxygens (including phenoxy) is 1. The highest BCUT2D eigenvalue weighted by atomic mass is 35.5. The number of aromatic amines is 1. The molecule has 0 atom stereocenters. The van der Waals surface area contributed by atoms with Crippen LogP contribution >= 0.6 is 11.6 Å². The number of rotatable bonds is 4. The van der Waals surface area contributed by atoms with Gasteiger partial charge in [-0.05, 0) is 38.1 Å². The standard InChI is InChI=1S/C16H15ClN4O2/c1-3-23-16(22)15-8-14(19-20-15)13-9-18-21(10(13)2)12-6-4-5-11(17)7-12/h4-9H,3H2,1-2H3,(H,19,20). The average molecular weight is 331 g/mol. The predicted octanol–water partition coefficient (Wildman–Crippen LogP) is 3.40. The molecule has 0 aliphatic rings. The Balaban J connectivity index is 1.95. The van der Waals surface area contributed by atoms with E-state index in [0.717, 1.165) is 16.9 Å². The Bertz CT molecular complexity index is 853. The van der Waals surface area contributed by atoms with E-state index >= 15 is 0 Å². The third-order valence-electron chi connectivity index (χ3n) is 3.41. The van der Waals surface area contributed by atoms with E-state index in [4.69, 9.17) is 16.3 Å². The Labute approximate surface area is 138 Å². The third kappa shape index (κ3) is 2.98. The molecule has 0 bridgehead atoms. The monoisotopic (exact) mass is 330 g/mol. The van der Waals surface area contributed by atoms with Crippen molar-refractivity contribution in [1.82, 2.24) is 20.0 Å². The summed E-state index contributed by atoms with van der Waals surface area (Å²) in [5.74, 6) is -0.425. The summed E-state index contributed by atoms with van der Waals surface area (Å²) in [5.41, 5.74) is 3.55. The van der Waals surface area contributed by atoms with Crippen LogP contribution in [-0.4, -0.2) is 32.6 Å². The minimum atomic E-state index is -0.425. The van der Waals surface area contributed by atoms with Gasteiger partial charge in [0.25, 0.3) is 0 Å². The van der Waals surface area contributed by atoms with Gasteiger partial charge >= 0.3 is 5.97 Å². The Morgan fingerprint density at radius 2 is 2.22 bits per heavy atom. The Kier molecular flexibility index (Phi) is 4.16. The number of benzene rings is 1. The molecule has 3 rings (SSSR count). The van der Waals surface area contributed by atoms with Crippen molar-refractivity contribution in [1.29, 1.82) is 0 Å². The van der Waals surface area contributed by atoms with Crippen molar-refractivity contribution in [3.63, 3.8) is 0 Å². The van der Waals surface area contributed by atoms with Crippen LogP contribution < -0.4 is 0 Å². The van der Waals surface area contributed by atoms with E-state index < -0.39 is 5.97 Å². The largest absolute Gasteiger partial charge is 0.461 e. The Hall–Kier alpha value is -2.60. The lowest BCUT2D eigenvalue weighted by Gasteiger charge is -2.05. The fourth-order valence-electron chi connectivity index (χ4n) is 2.30. The highest BCUT2D eigenvalue weighted by molar-refractivity contribution is 6.30. The number of carbonyl (C=O) groups excluding carboxylic acids is 1. The van der Waals surface area contributed by atoms with Gasteiger partial charge in [0.1, 0.15) is 5.69 Å². The average Bonchev–Trinajstić information content (AvgIpc) is 3.14. The fraction of sp³-hybridized carbons (Fsp3) is 0.188. The molecule has 0 aliphatic heterocycles. The lowest BCUT2D eigenvalue weighted by molar-refractivity contribution is 0.0519. The predicted molar refractivity (Wildman–Crippen MR) is 86.8 cm³/mol. The van der Waals surface area contributed by atoms with E-state index in [1.54, 1.807) is 23.9 Å². The highest BCUT2D eigenvalue weighted by Gasteiger charge is 2.16. The zero-order valence-corrected chi connectivity index (χ0v) is 13.5. The molecular weight excluding hydrogens is 316 g/mol. The molecular formula is C16H15ClN4O2. The summed E-state index contributed by atoms with van der Waals surface area (Å²) >= 11 is 6.03. The lowest BCUT2D eigenvalue weighted by atomic mass is 10.2. The first kappa shape index (κ1) is 15.3. The van der Waals surface area contributed by atoms with Crippen molar-refractivity contribution in [3.05, 3.63) is 52.9 Å². The summed E-state index contributed by atoms with van der Waals surface area (Å²) in [5, 5.41) is 11.9. The molecule has 1 aromatic carbocycles. The minimum absolute atomic E-state index is 0.316. The number of esters is 1. The summed E-state index contributed by atoms with van der Waals surface area (Å²) in [6.07, 6.45) is 1.71. The van der Waals surface area contributed by atoms with E-state index in [1.807, 2.05) is 31.2 Å². The van der Waals surface area contributed by atoms with Gasteiger partial charge < -0.3 is 4.74 Å². The fourth-order valence-corrected chi connectivity index (χ4v) is 2.49. The van der Waals surface area contributed by atoms with E-state index in [0.29, 0.717) is 23.0 Å². The van der Waals surface area contributed by atoms with Crippen LogP contribution in [-0.2, 0) is 4.74 Å². The second-order valence-electron chi connectivity index (χ2n) is 4.92. The first-order chi connectivity index (χ1) is 11.1. The zero-order chi connectivity index (χ0) is 16.4. The first-order valence-electron chi connectivity index (χ1n) is 7.13. The summed E-state index contributed by atoms with van der Waals surface area (Å²) in [6.45, 7) is 4.01. The van der Waals surface area contributed by atoms with E-state index in [-0.39, 0.29) is 0 Å². The van der Waals surface area contributed by atoms with Gasteiger partial charge in [0.2, 0.25) is 0 Å². The molecule has 3 aromatic rings. The van der Waals surface area contributed by atoms with Crippen LogP contribution in [0.5, 0.6) is 0 Å². The highest BCUT2D eigenvalue weighted by Crippen LogP contribution is 2.25. The van der Waals surface area contributed by atoms with Crippen molar-refractivity contribution in [2.24, 2.45) is 0 Å². The van der Waals surface area contributed by atoms with Crippen LogP contribution in [0.4, 0.5) is 0 Å². The van der Waals surface area contributed by atoms with Crippen molar-refractivity contribution in [3.8, 4) is 16.9 Å². The van der Waals surface area contributed by atoms with Gasteiger partial charge in [-0.25, -0.2) is 9.48 Å². The van der Waals surface area contributed by atoms with Crippen molar-refractivity contribution < 1.29 is 9.53 Å². The molecule has 1 N–H and O–H groups in total. The van der Waals surface area contributed by atoms with Crippen LogP contribution in [0.1, 0.15) is 23.1 Å².